The van der Waals surface area contributed by atoms with E-state index in [4.69, 9.17) is 16.3 Å². The van der Waals surface area contributed by atoms with Gasteiger partial charge in [-0.05, 0) is 49.8 Å². The minimum absolute atomic E-state index is 0.0129. The van der Waals surface area contributed by atoms with Crippen LogP contribution in [0.5, 0.6) is 0 Å². The zero-order valence-electron chi connectivity index (χ0n) is 15.1. The summed E-state index contributed by atoms with van der Waals surface area (Å²) in [5.74, 6) is 0.472. The number of nitrogens with one attached hydrogen (secondary N) is 1. The molecule has 3 rings (SSSR count). The van der Waals surface area contributed by atoms with Crippen LogP contribution in [-0.2, 0) is 20.7 Å². The number of carbonyl (C=O) groups is 2. The third-order valence-electron chi connectivity index (χ3n) is 5.37. The number of carbonyl (C=O) groups excluding carboxylic acids is 2. The Labute approximate surface area is 160 Å². The molecule has 0 unspecified atom stereocenters. The van der Waals surface area contributed by atoms with Crippen LogP contribution in [0, 0.1) is 11.8 Å². The van der Waals surface area contributed by atoms with Crippen LogP contribution in [0.15, 0.2) is 24.3 Å². The Balaban J connectivity index is 1.37. The summed E-state index contributed by atoms with van der Waals surface area (Å²) in [6, 6.07) is 7.69. The zero-order chi connectivity index (χ0) is 18.4. The molecule has 142 valence electrons. The van der Waals surface area contributed by atoms with Crippen LogP contribution in [0.2, 0.25) is 5.02 Å². The number of likely N-dealkylation sites (tertiary alicyclic amines) is 1. The van der Waals surface area contributed by atoms with Gasteiger partial charge in [0.25, 0.3) is 0 Å². The molecule has 1 aromatic carbocycles. The number of piperidine rings is 1. The van der Waals surface area contributed by atoms with Gasteiger partial charge >= 0.3 is 0 Å². The van der Waals surface area contributed by atoms with Gasteiger partial charge in [0.2, 0.25) is 11.8 Å². The Bertz CT molecular complexity index is 606. The van der Waals surface area contributed by atoms with Gasteiger partial charge in [0.05, 0.1) is 0 Å². The third-order valence-corrected chi connectivity index (χ3v) is 5.63. The van der Waals surface area contributed by atoms with E-state index in [1.807, 2.05) is 29.2 Å². The molecule has 0 saturated carbocycles. The summed E-state index contributed by atoms with van der Waals surface area (Å²) in [6.45, 7) is 3.37. The highest BCUT2D eigenvalue weighted by atomic mass is 35.5. The number of ether oxygens (including phenoxy) is 1. The van der Waals surface area contributed by atoms with Crippen LogP contribution in [0.3, 0.4) is 0 Å². The molecule has 2 aliphatic heterocycles. The first-order valence-corrected chi connectivity index (χ1v) is 9.90. The highest BCUT2D eigenvalue weighted by Crippen LogP contribution is 2.23. The van der Waals surface area contributed by atoms with E-state index < -0.39 is 0 Å². The van der Waals surface area contributed by atoms with Crippen molar-refractivity contribution in [2.24, 2.45) is 11.8 Å². The van der Waals surface area contributed by atoms with Gasteiger partial charge in [-0.15, -0.1) is 0 Å². The maximum Gasteiger partial charge on any atom is 0.225 e. The largest absolute Gasteiger partial charge is 0.381 e. The number of rotatable bonds is 5. The van der Waals surface area contributed by atoms with E-state index in [-0.39, 0.29) is 23.7 Å². The fourth-order valence-electron chi connectivity index (χ4n) is 3.69. The first-order chi connectivity index (χ1) is 12.6. The standard InChI is InChI=1S/C20H27ClN2O3/c21-18-3-1-15(2-4-18)5-10-22-19(24)16-6-11-23(12-7-16)20(25)17-8-13-26-14-9-17/h1-4,16-17H,5-14H2,(H,22,24). The summed E-state index contributed by atoms with van der Waals surface area (Å²) in [4.78, 5) is 26.8. The van der Waals surface area contributed by atoms with Crippen molar-refractivity contribution in [2.75, 3.05) is 32.8 Å². The lowest BCUT2D eigenvalue weighted by molar-refractivity contribution is -0.141. The Kier molecular flexibility index (Phi) is 6.92. The molecule has 6 heteroatoms. The number of hydrogen-bond acceptors (Lipinski definition) is 3. The van der Waals surface area contributed by atoms with E-state index in [2.05, 4.69) is 5.32 Å². The van der Waals surface area contributed by atoms with Crippen LogP contribution >= 0.6 is 11.6 Å². The average Bonchev–Trinajstić information content (AvgIpc) is 2.69. The van der Waals surface area contributed by atoms with Gasteiger partial charge in [-0.25, -0.2) is 0 Å². The Hall–Kier alpha value is -1.59. The number of amides is 2. The van der Waals surface area contributed by atoms with Gasteiger partial charge in [0, 0.05) is 49.7 Å². The second-order valence-corrected chi connectivity index (χ2v) is 7.59. The van der Waals surface area contributed by atoms with E-state index >= 15 is 0 Å². The predicted octanol–water partition coefficient (Wildman–Crippen LogP) is 2.66. The molecule has 1 N–H and O–H groups in total. The van der Waals surface area contributed by atoms with Crippen molar-refractivity contribution in [3.05, 3.63) is 34.9 Å². The minimum Gasteiger partial charge on any atom is -0.381 e. The van der Waals surface area contributed by atoms with Crippen molar-refractivity contribution >= 4 is 23.4 Å². The monoisotopic (exact) mass is 378 g/mol. The second-order valence-electron chi connectivity index (χ2n) is 7.15. The van der Waals surface area contributed by atoms with Gasteiger partial charge in [-0.3, -0.25) is 9.59 Å². The molecular formula is C20H27ClN2O3. The normalized spacial score (nSPS) is 19.3. The first kappa shape index (κ1) is 19.2. The molecule has 5 nitrogen and oxygen atoms in total. The number of benzene rings is 1. The smallest absolute Gasteiger partial charge is 0.225 e. The van der Waals surface area contributed by atoms with Crippen LogP contribution in [0.4, 0.5) is 0 Å². The number of halogens is 1. The number of hydrogen-bond donors (Lipinski definition) is 1. The fraction of sp³-hybridized carbons (Fsp3) is 0.600. The minimum atomic E-state index is 0.0129. The number of nitrogens with zero attached hydrogens (tertiary/aromatic N) is 1. The zero-order valence-corrected chi connectivity index (χ0v) is 15.8. The van der Waals surface area contributed by atoms with Crippen LogP contribution < -0.4 is 5.32 Å². The molecule has 26 heavy (non-hydrogen) atoms. The molecule has 0 radical (unpaired) electrons. The van der Waals surface area contributed by atoms with Crippen LogP contribution in [-0.4, -0.2) is 49.6 Å². The molecule has 1 aromatic rings. The molecule has 2 aliphatic rings. The summed E-state index contributed by atoms with van der Waals surface area (Å²) in [7, 11) is 0. The van der Waals surface area contributed by atoms with Crippen molar-refractivity contribution in [3.63, 3.8) is 0 Å². The molecule has 0 aliphatic carbocycles. The second kappa shape index (κ2) is 9.38. The molecule has 0 spiro atoms. The molecular weight excluding hydrogens is 352 g/mol. The van der Waals surface area contributed by atoms with Crippen LogP contribution in [0.1, 0.15) is 31.2 Å². The highest BCUT2D eigenvalue weighted by molar-refractivity contribution is 6.30. The topological polar surface area (TPSA) is 58.6 Å². The molecule has 2 heterocycles. The summed E-state index contributed by atoms with van der Waals surface area (Å²) in [5.41, 5.74) is 1.16. The van der Waals surface area contributed by atoms with Crippen LogP contribution in [0.25, 0.3) is 0 Å². The van der Waals surface area contributed by atoms with E-state index in [1.54, 1.807) is 0 Å². The quantitative estimate of drug-likeness (QED) is 0.856. The Morgan fingerprint density at radius 3 is 2.35 bits per heavy atom. The maximum atomic E-state index is 12.5. The van der Waals surface area contributed by atoms with E-state index in [9.17, 15) is 9.59 Å². The summed E-state index contributed by atoms with van der Waals surface area (Å²) < 4.78 is 5.33. The van der Waals surface area contributed by atoms with Gasteiger partial charge in [-0.2, -0.15) is 0 Å². The molecule has 0 bridgehead atoms. The van der Waals surface area contributed by atoms with Crippen molar-refractivity contribution in [2.45, 2.75) is 32.1 Å². The van der Waals surface area contributed by atoms with Gasteiger partial charge in [0.1, 0.15) is 0 Å². The van der Waals surface area contributed by atoms with E-state index in [0.29, 0.717) is 32.8 Å². The lowest BCUT2D eigenvalue weighted by Gasteiger charge is -2.34. The van der Waals surface area contributed by atoms with Crippen molar-refractivity contribution < 1.29 is 14.3 Å². The third kappa shape index (κ3) is 5.21. The fourth-order valence-corrected chi connectivity index (χ4v) is 3.82. The molecule has 0 aromatic heterocycles. The molecule has 0 atom stereocenters. The maximum absolute atomic E-state index is 12.5. The average molecular weight is 379 g/mol. The summed E-state index contributed by atoms with van der Waals surface area (Å²) >= 11 is 5.88. The first-order valence-electron chi connectivity index (χ1n) is 9.52. The van der Waals surface area contributed by atoms with Gasteiger partial charge < -0.3 is 15.0 Å². The van der Waals surface area contributed by atoms with Crippen molar-refractivity contribution in [3.8, 4) is 0 Å². The Morgan fingerprint density at radius 1 is 1.04 bits per heavy atom. The lowest BCUT2D eigenvalue weighted by Crippen LogP contribution is -2.46. The van der Waals surface area contributed by atoms with Crippen molar-refractivity contribution in [1.29, 1.82) is 0 Å². The lowest BCUT2D eigenvalue weighted by atomic mass is 9.93. The van der Waals surface area contributed by atoms with Gasteiger partial charge in [-0.1, -0.05) is 23.7 Å². The summed E-state index contributed by atoms with van der Waals surface area (Å²) in [5, 5.41) is 3.75. The van der Waals surface area contributed by atoms with Gasteiger partial charge in [0.15, 0.2) is 0 Å². The summed E-state index contributed by atoms with van der Waals surface area (Å²) in [6.07, 6.45) is 3.95. The molecule has 2 amide bonds. The van der Waals surface area contributed by atoms with E-state index in [0.717, 1.165) is 42.7 Å². The predicted molar refractivity (Wildman–Crippen MR) is 101 cm³/mol. The molecule has 2 saturated heterocycles. The Morgan fingerprint density at radius 2 is 1.69 bits per heavy atom. The molecule has 2 fully saturated rings. The van der Waals surface area contributed by atoms with Crippen molar-refractivity contribution in [1.82, 2.24) is 10.2 Å². The van der Waals surface area contributed by atoms with E-state index in [1.165, 1.54) is 0 Å². The highest BCUT2D eigenvalue weighted by Gasteiger charge is 2.31. The SMILES string of the molecule is O=C(NCCc1ccc(Cl)cc1)C1CCN(C(=O)C2CCOCC2)CC1.